The molecule has 15 heavy (non-hydrogen) atoms. The van der Waals surface area contributed by atoms with Crippen LogP contribution in [0.3, 0.4) is 0 Å². The van der Waals surface area contributed by atoms with Gasteiger partial charge in [-0.05, 0) is 24.1 Å². The first-order chi connectivity index (χ1) is 7.26. The van der Waals surface area contributed by atoms with E-state index < -0.39 is 6.10 Å². The van der Waals surface area contributed by atoms with Crippen molar-refractivity contribution in [1.29, 1.82) is 0 Å². The van der Waals surface area contributed by atoms with Crippen LogP contribution < -0.4 is 4.74 Å². The van der Waals surface area contributed by atoms with Crippen molar-refractivity contribution in [2.45, 2.75) is 12.5 Å². The number of benzene rings is 1. The summed E-state index contributed by atoms with van der Waals surface area (Å²) in [5, 5.41) is 17.7. The highest BCUT2D eigenvalue weighted by molar-refractivity contribution is 5.28. The Morgan fingerprint density at radius 2 is 2.00 bits per heavy atom. The van der Waals surface area contributed by atoms with Gasteiger partial charge in [0, 0.05) is 0 Å². The van der Waals surface area contributed by atoms with Crippen molar-refractivity contribution in [3.05, 3.63) is 42.5 Å². The molecule has 0 spiro atoms. The second-order valence-electron chi connectivity index (χ2n) is 3.28. The number of hydrogen-bond donors (Lipinski definition) is 2. The summed E-state index contributed by atoms with van der Waals surface area (Å²) in [5.41, 5.74) is 1.17. The van der Waals surface area contributed by atoms with Crippen molar-refractivity contribution in [3.63, 3.8) is 0 Å². The van der Waals surface area contributed by atoms with Gasteiger partial charge in [0.2, 0.25) is 0 Å². The lowest BCUT2D eigenvalue weighted by Crippen LogP contribution is -2.21. The van der Waals surface area contributed by atoms with E-state index in [-0.39, 0.29) is 13.2 Å². The van der Waals surface area contributed by atoms with E-state index in [4.69, 9.17) is 14.9 Å². The topological polar surface area (TPSA) is 49.7 Å². The Morgan fingerprint density at radius 3 is 2.53 bits per heavy atom. The van der Waals surface area contributed by atoms with Crippen molar-refractivity contribution < 1.29 is 14.9 Å². The molecule has 0 saturated heterocycles. The van der Waals surface area contributed by atoms with Gasteiger partial charge in [-0.25, -0.2) is 0 Å². The van der Waals surface area contributed by atoms with Gasteiger partial charge in [-0.1, -0.05) is 18.2 Å². The fraction of sp³-hybridized carbons (Fsp3) is 0.333. The van der Waals surface area contributed by atoms with Crippen LogP contribution in [-0.4, -0.2) is 29.5 Å². The van der Waals surface area contributed by atoms with Crippen LogP contribution in [0.25, 0.3) is 0 Å². The van der Waals surface area contributed by atoms with Crippen LogP contribution in [0.1, 0.15) is 5.56 Å². The van der Waals surface area contributed by atoms with E-state index in [0.29, 0.717) is 5.75 Å². The highest BCUT2D eigenvalue weighted by atomic mass is 16.5. The maximum Gasteiger partial charge on any atom is 0.119 e. The molecule has 1 unspecified atom stereocenters. The molecule has 0 aliphatic heterocycles. The number of aliphatic hydroxyl groups excluding tert-OH is 2. The van der Waals surface area contributed by atoms with Crippen LogP contribution in [0, 0.1) is 0 Å². The van der Waals surface area contributed by atoms with E-state index in [1.165, 1.54) is 5.56 Å². The molecule has 0 aromatic heterocycles. The van der Waals surface area contributed by atoms with E-state index in [0.717, 1.165) is 6.42 Å². The van der Waals surface area contributed by atoms with E-state index in [1.54, 1.807) is 0 Å². The molecule has 0 bridgehead atoms. The standard InChI is InChI=1S/C12H16O3/c1-2-3-10-4-6-12(7-5-10)15-9-11(14)8-13/h2,4-7,11,13-14H,1,3,8-9H2. The molecule has 0 fully saturated rings. The number of rotatable bonds is 6. The fourth-order valence-corrected chi connectivity index (χ4v) is 1.13. The van der Waals surface area contributed by atoms with E-state index in [1.807, 2.05) is 30.3 Å². The molecule has 3 heteroatoms. The highest BCUT2D eigenvalue weighted by Gasteiger charge is 2.02. The first-order valence-electron chi connectivity index (χ1n) is 4.88. The Morgan fingerprint density at radius 1 is 1.33 bits per heavy atom. The first-order valence-corrected chi connectivity index (χ1v) is 4.88. The fourth-order valence-electron chi connectivity index (χ4n) is 1.13. The van der Waals surface area contributed by atoms with Gasteiger partial charge >= 0.3 is 0 Å². The summed E-state index contributed by atoms with van der Waals surface area (Å²) in [6, 6.07) is 7.57. The average Bonchev–Trinajstić information content (AvgIpc) is 2.28. The minimum Gasteiger partial charge on any atom is -0.491 e. The Hall–Kier alpha value is -1.32. The van der Waals surface area contributed by atoms with Gasteiger partial charge in [-0.15, -0.1) is 6.58 Å². The molecule has 0 heterocycles. The smallest absolute Gasteiger partial charge is 0.119 e. The van der Waals surface area contributed by atoms with Crippen molar-refractivity contribution in [2.75, 3.05) is 13.2 Å². The van der Waals surface area contributed by atoms with E-state index in [2.05, 4.69) is 6.58 Å². The highest BCUT2D eigenvalue weighted by Crippen LogP contribution is 2.12. The van der Waals surface area contributed by atoms with Crippen LogP contribution in [-0.2, 0) is 6.42 Å². The van der Waals surface area contributed by atoms with Crippen LogP contribution in [0.15, 0.2) is 36.9 Å². The number of ether oxygens (including phenoxy) is 1. The summed E-state index contributed by atoms with van der Waals surface area (Å²) in [6.45, 7) is 3.48. The van der Waals surface area contributed by atoms with Gasteiger partial charge in [0.25, 0.3) is 0 Å². The van der Waals surface area contributed by atoms with E-state index in [9.17, 15) is 0 Å². The maximum atomic E-state index is 9.07. The minimum atomic E-state index is -0.821. The van der Waals surface area contributed by atoms with Crippen molar-refractivity contribution >= 4 is 0 Å². The quantitative estimate of drug-likeness (QED) is 0.689. The van der Waals surface area contributed by atoms with Gasteiger partial charge in [-0.3, -0.25) is 0 Å². The second-order valence-corrected chi connectivity index (χ2v) is 3.28. The van der Waals surface area contributed by atoms with E-state index >= 15 is 0 Å². The predicted octanol–water partition coefficient (Wildman–Crippen LogP) is 1.15. The number of aliphatic hydroxyl groups is 2. The minimum absolute atomic E-state index is 0.108. The Labute approximate surface area is 89.6 Å². The number of hydrogen-bond acceptors (Lipinski definition) is 3. The van der Waals surface area contributed by atoms with Crippen molar-refractivity contribution in [3.8, 4) is 5.75 Å². The monoisotopic (exact) mass is 208 g/mol. The zero-order valence-corrected chi connectivity index (χ0v) is 8.60. The Kier molecular flexibility index (Phi) is 4.87. The molecular weight excluding hydrogens is 192 g/mol. The third-order valence-corrected chi connectivity index (χ3v) is 1.96. The van der Waals surface area contributed by atoms with Gasteiger partial charge in [0.1, 0.15) is 18.5 Å². The van der Waals surface area contributed by atoms with Gasteiger partial charge in [0.05, 0.1) is 6.61 Å². The molecule has 2 N–H and O–H groups in total. The molecule has 1 rings (SSSR count). The zero-order chi connectivity index (χ0) is 11.1. The SMILES string of the molecule is C=CCc1ccc(OCC(O)CO)cc1. The molecule has 3 nitrogen and oxygen atoms in total. The summed E-state index contributed by atoms with van der Waals surface area (Å²) in [6.07, 6.45) is 1.85. The molecule has 0 amide bonds. The Balaban J connectivity index is 2.45. The first kappa shape index (κ1) is 11.8. The summed E-state index contributed by atoms with van der Waals surface area (Å²) in [4.78, 5) is 0. The van der Waals surface area contributed by atoms with Gasteiger partial charge in [0.15, 0.2) is 0 Å². The average molecular weight is 208 g/mol. The normalized spacial score (nSPS) is 12.1. The second kappa shape index (κ2) is 6.22. The third-order valence-electron chi connectivity index (χ3n) is 1.96. The molecule has 0 aliphatic rings. The molecule has 0 saturated carbocycles. The van der Waals surface area contributed by atoms with Crippen LogP contribution in [0.4, 0.5) is 0 Å². The molecule has 1 aromatic rings. The van der Waals surface area contributed by atoms with Crippen LogP contribution in [0.5, 0.6) is 5.75 Å². The molecule has 1 atom stereocenters. The Bertz CT molecular complexity index is 292. The molecule has 0 aliphatic carbocycles. The lowest BCUT2D eigenvalue weighted by atomic mass is 10.1. The summed E-state index contributed by atoms with van der Waals surface area (Å²) in [5.74, 6) is 0.690. The summed E-state index contributed by atoms with van der Waals surface area (Å²) < 4.78 is 5.26. The molecular formula is C12H16O3. The van der Waals surface area contributed by atoms with Crippen LogP contribution in [0.2, 0.25) is 0 Å². The van der Waals surface area contributed by atoms with Crippen molar-refractivity contribution in [1.82, 2.24) is 0 Å². The maximum absolute atomic E-state index is 9.07. The van der Waals surface area contributed by atoms with Crippen molar-refractivity contribution in [2.24, 2.45) is 0 Å². The van der Waals surface area contributed by atoms with Gasteiger partial charge < -0.3 is 14.9 Å². The lowest BCUT2D eigenvalue weighted by molar-refractivity contribution is 0.0536. The van der Waals surface area contributed by atoms with Crippen LogP contribution >= 0.6 is 0 Å². The summed E-state index contributed by atoms with van der Waals surface area (Å²) in [7, 11) is 0. The molecule has 82 valence electrons. The number of allylic oxidation sites excluding steroid dienone is 1. The zero-order valence-electron chi connectivity index (χ0n) is 8.60. The summed E-state index contributed by atoms with van der Waals surface area (Å²) >= 11 is 0. The molecule has 0 radical (unpaired) electrons. The lowest BCUT2D eigenvalue weighted by Gasteiger charge is -2.09. The van der Waals surface area contributed by atoms with Gasteiger partial charge in [-0.2, -0.15) is 0 Å². The largest absolute Gasteiger partial charge is 0.491 e. The third kappa shape index (κ3) is 4.14. The molecule has 1 aromatic carbocycles. The predicted molar refractivity (Wildman–Crippen MR) is 58.9 cm³/mol.